The summed E-state index contributed by atoms with van der Waals surface area (Å²) < 4.78 is 11.6. The minimum Gasteiger partial charge on any atom is -0.494 e. The molecule has 0 atom stereocenters. The first kappa shape index (κ1) is 26.4. The molecule has 0 amide bonds. The molecule has 1 heterocycles. The number of aromatic nitrogens is 1. The SMILES string of the molecule is CCCCCCOc1ccc(C#Cc2cnc(C#Cc3ccc(OCCCCCC)cc3)s2)cc1. The number of hydrogen-bond acceptors (Lipinski definition) is 4. The van der Waals surface area contributed by atoms with Crippen molar-refractivity contribution in [2.24, 2.45) is 0 Å². The summed E-state index contributed by atoms with van der Waals surface area (Å²) in [6, 6.07) is 15.9. The third-order valence-corrected chi connectivity index (χ3v) is 6.22. The van der Waals surface area contributed by atoms with Gasteiger partial charge in [0, 0.05) is 11.1 Å². The van der Waals surface area contributed by atoms with E-state index in [9.17, 15) is 0 Å². The van der Waals surface area contributed by atoms with Crippen molar-refractivity contribution in [3.63, 3.8) is 0 Å². The van der Waals surface area contributed by atoms with E-state index in [4.69, 9.17) is 9.47 Å². The van der Waals surface area contributed by atoms with Gasteiger partial charge in [-0.2, -0.15) is 0 Å². The lowest BCUT2D eigenvalue weighted by Crippen LogP contribution is -1.96. The molecule has 1 aromatic heterocycles. The molecular weight excluding hydrogens is 450 g/mol. The second-order valence-corrected chi connectivity index (χ2v) is 9.43. The van der Waals surface area contributed by atoms with E-state index in [1.165, 1.54) is 49.9 Å². The number of rotatable bonds is 12. The number of benzene rings is 2. The van der Waals surface area contributed by atoms with Gasteiger partial charge in [-0.15, -0.1) is 0 Å². The van der Waals surface area contributed by atoms with Crippen molar-refractivity contribution in [1.82, 2.24) is 4.98 Å². The quantitative estimate of drug-likeness (QED) is 0.193. The van der Waals surface area contributed by atoms with Crippen LogP contribution in [-0.4, -0.2) is 18.2 Å². The highest BCUT2D eigenvalue weighted by Crippen LogP contribution is 2.15. The predicted octanol–water partition coefficient (Wildman–Crippen LogP) is 7.86. The average Bonchev–Trinajstić information content (AvgIpc) is 3.35. The van der Waals surface area contributed by atoms with Crippen LogP contribution >= 0.6 is 11.3 Å². The van der Waals surface area contributed by atoms with Crippen LogP contribution in [0.25, 0.3) is 0 Å². The van der Waals surface area contributed by atoms with E-state index in [2.05, 4.69) is 42.5 Å². The molecular formula is C31H35NO2S. The molecule has 0 radical (unpaired) electrons. The van der Waals surface area contributed by atoms with Gasteiger partial charge >= 0.3 is 0 Å². The Morgan fingerprint density at radius 2 is 1.14 bits per heavy atom. The molecule has 3 rings (SSSR count). The Labute approximate surface area is 214 Å². The maximum absolute atomic E-state index is 5.80. The summed E-state index contributed by atoms with van der Waals surface area (Å²) in [6.45, 7) is 5.97. The van der Waals surface area contributed by atoms with Crippen LogP contribution in [0.1, 0.15) is 86.2 Å². The van der Waals surface area contributed by atoms with Crippen molar-refractivity contribution in [2.45, 2.75) is 65.2 Å². The van der Waals surface area contributed by atoms with Crippen molar-refractivity contribution in [2.75, 3.05) is 13.2 Å². The Hall–Kier alpha value is -3.21. The molecule has 3 aromatic rings. The lowest BCUT2D eigenvalue weighted by Gasteiger charge is -2.05. The molecule has 0 aliphatic carbocycles. The molecule has 0 spiro atoms. The van der Waals surface area contributed by atoms with E-state index in [1.807, 2.05) is 48.5 Å². The zero-order valence-electron chi connectivity index (χ0n) is 20.9. The Bertz CT molecular complexity index is 1030. The number of thiazole rings is 1. The number of unbranched alkanes of at least 4 members (excludes halogenated alkanes) is 6. The summed E-state index contributed by atoms with van der Waals surface area (Å²) in [5, 5.41) is 0.761. The highest BCUT2D eigenvalue weighted by atomic mass is 32.1. The fraction of sp³-hybridized carbons (Fsp3) is 0.387. The third-order valence-electron chi connectivity index (χ3n) is 5.39. The first-order valence-corrected chi connectivity index (χ1v) is 13.5. The smallest absolute Gasteiger partial charge is 0.168 e. The molecule has 0 aliphatic rings. The maximum Gasteiger partial charge on any atom is 0.168 e. The molecule has 35 heavy (non-hydrogen) atoms. The third kappa shape index (κ3) is 10.3. The average molecular weight is 486 g/mol. The van der Waals surface area contributed by atoms with Crippen LogP contribution in [0.3, 0.4) is 0 Å². The number of ether oxygens (including phenoxy) is 2. The Balaban J connectivity index is 1.47. The van der Waals surface area contributed by atoms with Crippen molar-refractivity contribution in [3.8, 4) is 35.2 Å². The maximum atomic E-state index is 5.80. The summed E-state index contributed by atoms with van der Waals surface area (Å²) in [5.41, 5.74) is 1.90. The fourth-order valence-electron chi connectivity index (χ4n) is 3.36. The molecule has 0 bridgehead atoms. The molecule has 0 unspecified atom stereocenters. The van der Waals surface area contributed by atoms with Crippen molar-refractivity contribution in [1.29, 1.82) is 0 Å². The van der Waals surface area contributed by atoms with Gasteiger partial charge in [0.25, 0.3) is 0 Å². The van der Waals surface area contributed by atoms with Gasteiger partial charge in [0.1, 0.15) is 11.5 Å². The zero-order chi connectivity index (χ0) is 24.6. The van der Waals surface area contributed by atoms with Crippen LogP contribution in [0.4, 0.5) is 0 Å². The monoisotopic (exact) mass is 485 g/mol. The van der Waals surface area contributed by atoms with Crippen molar-refractivity contribution >= 4 is 11.3 Å². The van der Waals surface area contributed by atoms with Crippen LogP contribution in [0.2, 0.25) is 0 Å². The molecule has 3 nitrogen and oxygen atoms in total. The Morgan fingerprint density at radius 1 is 0.629 bits per heavy atom. The van der Waals surface area contributed by atoms with Gasteiger partial charge in [0.2, 0.25) is 0 Å². The minimum absolute atomic E-state index is 0.761. The van der Waals surface area contributed by atoms with Crippen molar-refractivity contribution < 1.29 is 9.47 Å². The Kier molecular flexibility index (Phi) is 11.8. The highest BCUT2D eigenvalue weighted by molar-refractivity contribution is 7.12. The lowest BCUT2D eigenvalue weighted by atomic mass is 10.2. The molecule has 0 aliphatic heterocycles. The van der Waals surface area contributed by atoms with E-state index in [0.29, 0.717) is 0 Å². The second kappa shape index (κ2) is 15.6. The summed E-state index contributed by atoms with van der Waals surface area (Å²) in [4.78, 5) is 5.29. The molecule has 4 heteroatoms. The van der Waals surface area contributed by atoms with Crippen LogP contribution < -0.4 is 9.47 Å². The minimum atomic E-state index is 0.761. The van der Waals surface area contributed by atoms with E-state index in [-0.39, 0.29) is 0 Å². The predicted molar refractivity (Wildman–Crippen MR) is 146 cm³/mol. The summed E-state index contributed by atoms with van der Waals surface area (Å²) >= 11 is 1.50. The summed E-state index contributed by atoms with van der Waals surface area (Å²) in [7, 11) is 0. The van der Waals surface area contributed by atoms with Crippen LogP contribution in [-0.2, 0) is 0 Å². The van der Waals surface area contributed by atoms with Crippen LogP contribution in [0.15, 0.2) is 54.7 Å². The lowest BCUT2D eigenvalue weighted by molar-refractivity contribution is 0.305. The summed E-state index contributed by atoms with van der Waals surface area (Å²) in [5.74, 6) is 14.5. The van der Waals surface area contributed by atoms with E-state index in [1.54, 1.807) is 6.20 Å². The van der Waals surface area contributed by atoms with Crippen LogP contribution in [0, 0.1) is 23.7 Å². The molecule has 0 saturated carbocycles. The van der Waals surface area contributed by atoms with Gasteiger partial charge in [-0.1, -0.05) is 75.6 Å². The molecule has 182 valence electrons. The number of nitrogens with zero attached hydrogens (tertiary/aromatic N) is 1. The molecule has 2 aromatic carbocycles. The van der Waals surface area contributed by atoms with E-state index >= 15 is 0 Å². The first-order valence-electron chi connectivity index (χ1n) is 12.7. The van der Waals surface area contributed by atoms with Gasteiger partial charge in [-0.25, -0.2) is 4.98 Å². The van der Waals surface area contributed by atoms with Gasteiger partial charge in [-0.3, -0.25) is 0 Å². The molecule has 0 fully saturated rings. The van der Waals surface area contributed by atoms with Crippen molar-refractivity contribution in [3.05, 3.63) is 75.7 Å². The van der Waals surface area contributed by atoms with E-state index in [0.717, 1.165) is 58.6 Å². The summed E-state index contributed by atoms with van der Waals surface area (Å²) in [6.07, 6.45) is 11.4. The van der Waals surface area contributed by atoms with Gasteiger partial charge in [0.15, 0.2) is 5.01 Å². The van der Waals surface area contributed by atoms with Gasteiger partial charge in [-0.05, 0) is 73.2 Å². The topological polar surface area (TPSA) is 31.4 Å². The molecule has 0 N–H and O–H groups in total. The van der Waals surface area contributed by atoms with Gasteiger partial charge < -0.3 is 9.47 Å². The van der Waals surface area contributed by atoms with E-state index < -0.39 is 0 Å². The fourth-order valence-corrected chi connectivity index (χ4v) is 3.98. The largest absolute Gasteiger partial charge is 0.494 e. The van der Waals surface area contributed by atoms with Crippen LogP contribution in [0.5, 0.6) is 11.5 Å². The van der Waals surface area contributed by atoms with Gasteiger partial charge in [0.05, 0.1) is 24.3 Å². The second-order valence-electron chi connectivity index (χ2n) is 8.40. The number of hydrogen-bond donors (Lipinski definition) is 0. The highest BCUT2D eigenvalue weighted by Gasteiger charge is 1.98. The molecule has 0 saturated heterocycles. The normalized spacial score (nSPS) is 10.1. The first-order chi connectivity index (χ1) is 17.3. The standard InChI is InChI=1S/C31H35NO2S/c1-3-5-7-9-23-33-28-17-11-26(12-18-28)15-21-30-25-32-31(35-30)22-16-27-13-19-29(20-14-27)34-24-10-8-6-4-2/h11-14,17-20,25H,3-10,23-24H2,1-2H3. The Morgan fingerprint density at radius 3 is 1.66 bits per heavy atom. The zero-order valence-corrected chi connectivity index (χ0v) is 21.8.